The highest BCUT2D eigenvalue weighted by Gasteiger charge is 2.21. The SMILES string of the molecule is CCNC(=O)c1cn2c(N)nc(-c3cccc(C#N)c3)c(-c3ccnc(OC)c3)c2n1. The number of nitrogen functional groups attached to an aromatic ring is 1. The molecule has 9 heteroatoms. The molecule has 1 aromatic carbocycles. The summed E-state index contributed by atoms with van der Waals surface area (Å²) in [6.45, 7) is 2.31. The van der Waals surface area contributed by atoms with E-state index in [1.165, 1.54) is 7.11 Å². The van der Waals surface area contributed by atoms with Gasteiger partial charge in [0.2, 0.25) is 11.8 Å². The van der Waals surface area contributed by atoms with Crippen LogP contribution in [0.3, 0.4) is 0 Å². The van der Waals surface area contributed by atoms with Gasteiger partial charge >= 0.3 is 0 Å². The number of ether oxygens (including phenoxy) is 1. The first-order chi connectivity index (χ1) is 15.0. The molecule has 4 aromatic rings. The molecule has 0 atom stereocenters. The van der Waals surface area contributed by atoms with Crippen LogP contribution >= 0.6 is 0 Å². The highest BCUT2D eigenvalue weighted by atomic mass is 16.5. The Hall–Kier alpha value is -4.45. The van der Waals surface area contributed by atoms with Crippen molar-refractivity contribution in [1.29, 1.82) is 5.26 Å². The van der Waals surface area contributed by atoms with Crippen LogP contribution < -0.4 is 15.8 Å². The van der Waals surface area contributed by atoms with Gasteiger partial charge in [-0.1, -0.05) is 12.1 Å². The standard InChI is InChI=1S/C22H19N7O2/c1-3-25-21(30)16-12-29-20(27-16)18(14-7-8-26-17(10-14)31-2)19(28-22(29)24)15-6-4-5-13(9-15)11-23/h4-10,12H,3H2,1-2H3,(H2,24,28)(H,25,30). The van der Waals surface area contributed by atoms with Gasteiger partial charge in [-0.2, -0.15) is 5.26 Å². The molecule has 0 spiro atoms. The quantitative estimate of drug-likeness (QED) is 0.514. The Morgan fingerprint density at radius 1 is 1.26 bits per heavy atom. The number of carbonyl (C=O) groups excluding carboxylic acids is 1. The molecule has 0 unspecified atom stereocenters. The summed E-state index contributed by atoms with van der Waals surface area (Å²) in [5.41, 5.74) is 10.00. The summed E-state index contributed by atoms with van der Waals surface area (Å²) in [6.07, 6.45) is 3.17. The number of nitrogens with one attached hydrogen (secondary N) is 1. The fourth-order valence-corrected chi connectivity index (χ4v) is 3.31. The molecule has 0 aliphatic rings. The van der Waals surface area contributed by atoms with E-state index in [-0.39, 0.29) is 17.5 Å². The lowest BCUT2D eigenvalue weighted by Gasteiger charge is -2.13. The van der Waals surface area contributed by atoms with Crippen LogP contribution in [-0.2, 0) is 0 Å². The maximum Gasteiger partial charge on any atom is 0.271 e. The van der Waals surface area contributed by atoms with E-state index < -0.39 is 0 Å². The third-order valence-electron chi connectivity index (χ3n) is 4.71. The van der Waals surface area contributed by atoms with Crippen molar-refractivity contribution in [3.05, 3.63) is 60.0 Å². The number of benzene rings is 1. The molecule has 0 aliphatic carbocycles. The van der Waals surface area contributed by atoms with Crippen LogP contribution in [0.2, 0.25) is 0 Å². The molecule has 3 heterocycles. The number of aromatic nitrogens is 4. The van der Waals surface area contributed by atoms with E-state index in [4.69, 9.17) is 10.5 Å². The second-order valence-corrected chi connectivity index (χ2v) is 6.65. The van der Waals surface area contributed by atoms with Crippen LogP contribution in [0.5, 0.6) is 5.88 Å². The lowest BCUT2D eigenvalue weighted by molar-refractivity contribution is 0.0951. The summed E-state index contributed by atoms with van der Waals surface area (Å²) in [5.74, 6) is 0.275. The van der Waals surface area contributed by atoms with Crippen LogP contribution in [-0.4, -0.2) is 38.9 Å². The minimum atomic E-state index is -0.308. The topological polar surface area (TPSA) is 131 Å². The number of rotatable bonds is 5. The van der Waals surface area contributed by atoms with E-state index in [1.807, 2.05) is 13.0 Å². The van der Waals surface area contributed by atoms with Gasteiger partial charge in [0.1, 0.15) is 5.69 Å². The number of carbonyl (C=O) groups is 1. The average Bonchev–Trinajstić information content (AvgIpc) is 3.25. The van der Waals surface area contributed by atoms with Gasteiger partial charge in [-0.25, -0.2) is 15.0 Å². The Labute approximate surface area is 178 Å². The molecule has 0 saturated heterocycles. The number of imidazole rings is 1. The van der Waals surface area contributed by atoms with E-state index in [0.29, 0.717) is 40.5 Å². The van der Waals surface area contributed by atoms with Crippen molar-refractivity contribution >= 4 is 17.5 Å². The van der Waals surface area contributed by atoms with E-state index in [2.05, 4.69) is 26.3 Å². The van der Waals surface area contributed by atoms with Crippen molar-refractivity contribution in [3.8, 4) is 34.3 Å². The van der Waals surface area contributed by atoms with Gasteiger partial charge in [0.15, 0.2) is 5.65 Å². The van der Waals surface area contributed by atoms with E-state index >= 15 is 0 Å². The Balaban J connectivity index is 2.06. The summed E-state index contributed by atoms with van der Waals surface area (Å²) in [6, 6.07) is 12.8. The number of anilines is 1. The van der Waals surface area contributed by atoms with Gasteiger partial charge in [-0.3, -0.25) is 9.20 Å². The fraction of sp³-hybridized carbons (Fsp3) is 0.136. The Morgan fingerprint density at radius 2 is 2.10 bits per heavy atom. The monoisotopic (exact) mass is 413 g/mol. The van der Waals surface area contributed by atoms with Gasteiger partial charge in [0.25, 0.3) is 5.91 Å². The third kappa shape index (κ3) is 3.62. The summed E-state index contributed by atoms with van der Waals surface area (Å²) in [4.78, 5) is 25.7. The van der Waals surface area contributed by atoms with Gasteiger partial charge in [0.05, 0.1) is 30.0 Å². The molecule has 3 N–H and O–H groups in total. The number of nitrogens with two attached hydrogens (primary N) is 1. The predicted molar refractivity (Wildman–Crippen MR) is 115 cm³/mol. The number of pyridine rings is 1. The number of nitriles is 1. The number of hydrogen-bond donors (Lipinski definition) is 2. The first-order valence-corrected chi connectivity index (χ1v) is 9.53. The molecule has 0 fully saturated rings. The van der Waals surface area contributed by atoms with Crippen molar-refractivity contribution in [2.45, 2.75) is 6.92 Å². The Kier molecular flexibility index (Phi) is 5.20. The van der Waals surface area contributed by atoms with Crippen LogP contribution in [0, 0.1) is 11.3 Å². The number of nitrogens with zero attached hydrogens (tertiary/aromatic N) is 5. The van der Waals surface area contributed by atoms with Crippen molar-refractivity contribution < 1.29 is 9.53 Å². The zero-order valence-electron chi connectivity index (χ0n) is 17.0. The summed E-state index contributed by atoms with van der Waals surface area (Å²) < 4.78 is 6.85. The van der Waals surface area contributed by atoms with Crippen LogP contribution in [0.4, 0.5) is 5.95 Å². The van der Waals surface area contributed by atoms with Crippen LogP contribution in [0.15, 0.2) is 48.8 Å². The maximum absolute atomic E-state index is 12.4. The highest BCUT2D eigenvalue weighted by Crippen LogP contribution is 2.36. The smallest absolute Gasteiger partial charge is 0.271 e. The summed E-state index contributed by atoms with van der Waals surface area (Å²) in [5, 5.41) is 12.1. The minimum Gasteiger partial charge on any atom is -0.481 e. The van der Waals surface area contributed by atoms with Crippen LogP contribution in [0.25, 0.3) is 28.0 Å². The third-order valence-corrected chi connectivity index (χ3v) is 4.71. The zero-order chi connectivity index (χ0) is 22.0. The molecule has 0 radical (unpaired) electrons. The summed E-state index contributed by atoms with van der Waals surface area (Å²) >= 11 is 0. The Morgan fingerprint density at radius 3 is 2.84 bits per heavy atom. The molecular weight excluding hydrogens is 394 g/mol. The van der Waals surface area contributed by atoms with Crippen molar-refractivity contribution in [3.63, 3.8) is 0 Å². The van der Waals surface area contributed by atoms with E-state index in [0.717, 1.165) is 5.56 Å². The molecule has 3 aromatic heterocycles. The van der Waals surface area contributed by atoms with Crippen molar-refractivity contribution in [1.82, 2.24) is 24.7 Å². The molecule has 154 valence electrons. The molecule has 0 aliphatic heterocycles. The molecule has 9 nitrogen and oxygen atoms in total. The normalized spacial score (nSPS) is 10.6. The maximum atomic E-state index is 12.4. The molecular formula is C22H19N7O2. The minimum absolute atomic E-state index is 0.167. The first-order valence-electron chi connectivity index (χ1n) is 9.53. The van der Waals surface area contributed by atoms with Gasteiger partial charge in [-0.15, -0.1) is 0 Å². The highest BCUT2D eigenvalue weighted by molar-refractivity contribution is 5.96. The Bertz CT molecular complexity index is 1340. The number of hydrogen-bond acceptors (Lipinski definition) is 7. The van der Waals surface area contributed by atoms with Crippen LogP contribution in [0.1, 0.15) is 23.0 Å². The van der Waals surface area contributed by atoms with E-state index in [9.17, 15) is 10.1 Å². The molecule has 0 bridgehead atoms. The second kappa shape index (κ2) is 8.12. The zero-order valence-corrected chi connectivity index (χ0v) is 17.0. The summed E-state index contributed by atoms with van der Waals surface area (Å²) in [7, 11) is 1.53. The van der Waals surface area contributed by atoms with Crippen molar-refractivity contribution in [2.24, 2.45) is 0 Å². The number of methoxy groups -OCH3 is 1. The number of fused-ring (bicyclic) bond motifs is 1. The molecule has 4 rings (SSSR count). The largest absolute Gasteiger partial charge is 0.481 e. The lowest BCUT2D eigenvalue weighted by Crippen LogP contribution is -2.22. The predicted octanol–water partition coefficient (Wildman–Crippen LogP) is 2.67. The van der Waals surface area contributed by atoms with E-state index in [1.54, 1.807) is 47.1 Å². The van der Waals surface area contributed by atoms with Gasteiger partial charge in [-0.05, 0) is 30.7 Å². The number of amides is 1. The molecule has 0 saturated carbocycles. The van der Waals surface area contributed by atoms with Gasteiger partial charge < -0.3 is 15.8 Å². The molecule has 31 heavy (non-hydrogen) atoms. The fourth-order valence-electron chi connectivity index (χ4n) is 3.31. The second-order valence-electron chi connectivity index (χ2n) is 6.65. The van der Waals surface area contributed by atoms with Gasteiger partial charge in [0, 0.05) is 30.6 Å². The first kappa shape index (κ1) is 19.8. The average molecular weight is 413 g/mol. The molecule has 1 amide bonds. The lowest BCUT2D eigenvalue weighted by atomic mass is 9.99. The van der Waals surface area contributed by atoms with Crippen molar-refractivity contribution in [2.75, 3.05) is 19.4 Å².